The number of urea groups is 1. The van der Waals surface area contributed by atoms with Gasteiger partial charge in [-0.1, -0.05) is 11.6 Å². The van der Waals surface area contributed by atoms with Gasteiger partial charge in [-0.25, -0.2) is 9.59 Å². The van der Waals surface area contributed by atoms with Gasteiger partial charge in [0.15, 0.2) is 0 Å². The summed E-state index contributed by atoms with van der Waals surface area (Å²) in [4.78, 5) is 25.1. The van der Waals surface area contributed by atoms with Gasteiger partial charge in [-0.05, 0) is 51.3 Å². The molecular weight excluding hydrogens is 292 g/mol. The molecule has 2 unspecified atom stereocenters. The fourth-order valence-electron chi connectivity index (χ4n) is 2.75. The normalized spacial score (nSPS) is 22.0. The lowest BCUT2D eigenvalue weighted by atomic mass is 9.98. The summed E-state index contributed by atoms with van der Waals surface area (Å²) in [5, 5.41) is 11.9. The van der Waals surface area contributed by atoms with E-state index in [-0.39, 0.29) is 28.7 Å². The molecule has 1 aromatic carbocycles. The second kappa shape index (κ2) is 6.35. The van der Waals surface area contributed by atoms with Gasteiger partial charge in [-0.2, -0.15) is 0 Å². The van der Waals surface area contributed by atoms with Gasteiger partial charge in [0.2, 0.25) is 0 Å². The van der Waals surface area contributed by atoms with Crippen molar-refractivity contribution in [2.24, 2.45) is 0 Å². The van der Waals surface area contributed by atoms with Gasteiger partial charge in [-0.15, -0.1) is 0 Å². The minimum Gasteiger partial charge on any atom is -0.478 e. The quantitative estimate of drug-likeness (QED) is 0.872. The average molecular weight is 311 g/mol. The summed E-state index contributed by atoms with van der Waals surface area (Å²) in [6.45, 7) is 4.06. The highest BCUT2D eigenvalue weighted by atomic mass is 35.5. The van der Waals surface area contributed by atoms with Crippen LogP contribution in [0.2, 0.25) is 5.02 Å². The fourth-order valence-corrected chi connectivity index (χ4v) is 2.98. The summed E-state index contributed by atoms with van der Waals surface area (Å²) in [5.74, 6) is -1.05. The standard InChI is InChI=1S/C15H19ClN2O3/c1-9-4-3-5-10(2)18(9)15(21)17-13-7-6-11(14(19)20)8-12(13)16/h6-10H,3-5H2,1-2H3,(H,17,21)(H,19,20). The number of hydrogen-bond donors (Lipinski definition) is 2. The van der Waals surface area contributed by atoms with Crippen LogP contribution in [0.3, 0.4) is 0 Å². The molecule has 2 N–H and O–H groups in total. The summed E-state index contributed by atoms with van der Waals surface area (Å²) >= 11 is 6.03. The lowest BCUT2D eigenvalue weighted by molar-refractivity contribution is 0.0697. The Morgan fingerprint density at radius 3 is 2.43 bits per heavy atom. The van der Waals surface area contributed by atoms with Crippen molar-refractivity contribution >= 4 is 29.3 Å². The maximum absolute atomic E-state index is 12.4. The summed E-state index contributed by atoms with van der Waals surface area (Å²) in [6, 6.07) is 4.45. The molecule has 0 bridgehead atoms. The molecule has 21 heavy (non-hydrogen) atoms. The topological polar surface area (TPSA) is 69.6 Å². The van der Waals surface area contributed by atoms with Crippen molar-refractivity contribution in [3.8, 4) is 0 Å². The lowest BCUT2D eigenvalue weighted by Crippen LogP contribution is -2.49. The molecule has 5 nitrogen and oxygen atoms in total. The number of rotatable bonds is 2. The van der Waals surface area contributed by atoms with Crippen LogP contribution in [-0.2, 0) is 0 Å². The second-order valence-electron chi connectivity index (χ2n) is 5.47. The highest BCUT2D eigenvalue weighted by Crippen LogP contribution is 2.26. The molecule has 6 heteroatoms. The van der Waals surface area contributed by atoms with E-state index in [1.165, 1.54) is 18.2 Å². The molecule has 2 rings (SSSR count). The summed E-state index contributed by atoms with van der Waals surface area (Å²) < 4.78 is 0. The molecule has 2 atom stereocenters. The van der Waals surface area contributed by atoms with Gasteiger partial charge in [0.1, 0.15) is 0 Å². The largest absolute Gasteiger partial charge is 0.478 e. The van der Waals surface area contributed by atoms with E-state index < -0.39 is 5.97 Å². The summed E-state index contributed by atoms with van der Waals surface area (Å²) in [6.07, 6.45) is 3.10. The summed E-state index contributed by atoms with van der Waals surface area (Å²) in [7, 11) is 0. The molecule has 0 aromatic heterocycles. The molecule has 0 radical (unpaired) electrons. The number of likely N-dealkylation sites (tertiary alicyclic amines) is 1. The minimum atomic E-state index is -1.05. The second-order valence-corrected chi connectivity index (χ2v) is 5.87. The first-order chi connectivity index (χ1) is 9.90. The number of hydrogen-bond acceptors (Lipinski definition) is 2. The van der Waals surface area contributed by atoms with Crippen LogP contribution in [0.4, 0.5) is 10.5 Å². The van der Waals surface area contributed by atoms with Crippen LogP contribution in [0, 0.1) is 0 Å². The molecule has 0 aliphatic carbocycles. The fraction of sp³-hybridized carbons (Fsp3) is 0.467. The van der Waals surface area contributed by atoms with Crippen LogP contribution in [0.25, 0.3) is 0 Å². The average Bonchev–Trinajstić information content (AvgIpc) is 2.40. The molecule has 1 heterocycles. The number of anilines is 1. The van der Waals surface area contributed by atoms with Crippen molar-refractivity contribution < 1.29 is 14.7 Å². The first kappa shape index (κ1) is 15.6. The highest BCUT2D eigenvalue weighted by molar-refractivity contribution is 6.34. The molecular formula is C15H19ClN2O3. The third kappa shape index (κ3) is 3.47. The Kier molecular flexibility index (Phi) is 4.73. The Morgan fingerprint density at radius 2 is 1.90 bits per heavy atom. The maximum atomic E-state index is 12.4. The van der Waals surface area contributed by atoms with E-state index in [1.807, 2.05) is 18.7 Å². The van der Waals surface area contributed by atoms with Crippen LogP contribution in [0.1, 0.15) is 43.5 Å². The smallest absolute Gasteiger partial charge is 0.335 e. The molecule has 0 saturated carbocycles. The number of piperidine rings is 1. The molecule has 114 valence electrons. The van der Waals surface area contributed by atoms with Crippen LogP contribution in [-0.4, -0.2) is 34.1 Å². The van der Waals surface area contributed by atoms with E-state index in [0.29, 0.717) is 5.69 Å². The lowest BCUT2D eigenvalue weighted by Gasteiger charge is -2.38. The van der Waals surface area contributed by atoms with E-state index in [1.54, 1.807) is 0 Å². The molecule has 1 aliphatic rings. The van der Waals surface area contributed by atoms with Crippen molar-refractivity contribution in [1.29, 1.82) is 0 Å². The van der Waals surface area contributed by atoms with E-state index >= 15 is 0 Å². The molecule has 2 amide bonds. The Balaban J connectivity index is 2.14. The van der Waals surface area contributed by atoms with Gasteiger partial charge in [0.05, 0.1) is 16.3 Å². The van der Waals surface area contributed by atoms with E-state index in [0.717, 1.165) is 19.3 Å². The Bertz CT molecular complexity index is 552. The van der Waals surface area contributed by atoms with E-state index in [2.05, 4.69) is 5.32 Å². The first-order valence-electron chi connectivity index (χ1n) is 7.02. The van der Waals surface area contributed by atoms with Crippen LogP contribution in [0.5, 0.6) is 0 Å². The number of carboxylic acids is 1. The third-order valence-electron chi connectivity index (χ3n) is 3.89. The predicted octanol–water partition coefficient (Wildman–Crippen LogP) is 3.83. The number of amides is 2. The molecule has 1 aromatic rings. The zero-order chi connectivity index (χ0) is 15.6. The van der Waals surface area contributed by atoms with Gasteiger partial charge < -0.3 is 15.3 Å². The third-order valence-corrected chi connectivity index (χ3v) is 4.20. The van der Waals surface area contributed by atoms with Crippen LogP contribution < -0.4 is 5.32 Å². The maximum Gasteiger partial charge on any atom is 0.335 e. The van der Waals surface area contributed by atoms with Crippen LogP contribution in [0.15, 0.2) is 18.2 Å². The highest BCUT2D eigenvalue weighted by Gasteiger charge is 2.29. The van der Waals surface area contributed by atoms with Gasteiger partial charge in [0, 0.05) is 12.1 Å². The first-order valence-corrected chi connectivity index (χ1v) is 7.40. The van der Waals surface area contributed by atoms with Crippen LogP contribution >= 0.6 is 11.6 Å². The van der Waals surface area contributed by atoms with E-state index in [4.69, 9.17) is 16.7 Å². The minimum absolute atomic E-state index is 0.0951. The number of carbonyl (C=O) groups is 2. The monoisotopic (exact) mass is 310 g/mol. The number of benzene rings is 1. The van der Waals surface area contributed by atoms with Crippen molar-refractivity contribution in [2.45, 2.75) is 45.2 Å². The molecule has 1 aliphatic heterocycles. The molecule has 1 fully saturated rings. The SMILES string of the molecule is CC1CCCC(C)N1C(=O)Nc1ccc(C(=O)O)cc1Cl. The number of halogens is 1. The van der Waals surface area contributed by atoms with Crippen molar-refractivity contribution in [3.05, 3.63) is 28.8 Å². The molecule has 1 saturated heterocycles. The number of nitrogens with zero attached hydrogens (tertiary/aromatic N) is 1. The van der Waals surface area contributed by atoms with E-state index in [9.17, 15) is 9.59 Å². The number of nitrogens with one attached hydrogen (secondary N) is 1. The number of carboxylic acid groups (broad SMARTS) is 1. The number of carbonyl (C=O) groups excluding carboxylic acids is 1. The van der Waals surface area contributed by atoms with Gasteiger partial charge in [0.25, 0.3) is 0 Å². The van der Waals surface area contributed by atoms with Gasteiger partial charge in [-0.3, -0.25) is 0 Å². The van der Waals surface area contributed by atoms with Gasteiger partial charge >= 0.3 is 12.0 Å². The van der Waals surface area contributed by atoms with Crippen molar-refractivity contribution in [2.75, 3.05) is 5.32 Å². The molecule has 0 spiro atoms. The van der Waals surface area contributed by atoms with Crippen molar-refractivity contribution in [1.82, 2.24) is 4.90 Å². The van der Waals surface area contributed by atoms with Crippen molar-refractivity contribution in [3.63, 3.8) is 0 Å². The number of aromatic carboxylic acids is 1. The zero-order valence-electron chi connectivity index (χ0n) is 12.1. The Hall–Kier alpha value is -1.75. The Morgan fingerprint density at radius 1 is 1.29 bits per heavy atom. The predicted molar refractivity (Wildman–Crippen MR) is 82.0 cm³/mol. The Labute approximate surface area is 128 Å². The summed E-state index contributed by atoms with van der Waals surface area (Å²) in [5.41, 5.74) is 0.523. The zero-order valence-corrected chi connectivity index (χ0v) is 12.9.